The zero-order chi connectivity index (χ0) is 17.0. The summed E-state index contributed by atoms with van der Waals surface area (Å²) in [5.41, 5.74) is 0.104. The smallest absolute Gasteiger partial charge is 0.410 e. The SMILES string of the molecule is CC(C)(C)OC(=O)N1CCCCC1CNc1cc(F)cc(Cl)c1. The number of piperidine rings is 1. The van der Waals surface area contributed by atoms with Crippen molar-refractivity contribution in [3.05, 3.63) is 29.0 Å². The Hall–Kier alpha value is -1.49. The summed E-state index contributed by atoms with van der Waals surface area (Å²) in [6, 6.07) is 4.36. The van der Waals surface area contributed by atoms with E-state index in [-0.39, 0.29) is 18.0 Å². The van der Waals surface area contributed by atoms with Crippen molar-refractivity contribution in [2.24, 2.45) is 0 Å². The highest BCUT2D eigenvalue weighted by Gasteiger charge is 2.30. The topological polar surface area (TPSA) is 41.6 Å². The van der Waals surface area contributed by atoms with Gasteiger partial charge in [0.15, 0.2) is 0 Å². The fourth-order valence-corrected chi connectivity index (χ4v) is 2.89. The molecule has 1 amide bonds. The number of hydrogen-bond donors (Lipinski definition) is 1. The molecule has 1 aliphatic rings. The van der Waals surface area contributed by atoms with E-state index in [0.29, 0.717) is 23.8 Å². The van der Waals surface area contributed by atoms with Gasteiger partial charge >= 0.3 is 6.09 Å². The predicted molar refractivity (Wildman–Crippen MR) is 90.5 cm³/mol. The summed E-state index contributed by atoms with van der Waals surface area (Å²) in [6.07, 6.45) is 2.65. The maximum atomic E-state index is 13.4. The van der Waals surface area contributed by atoms with Gasteiger partial charge in [-0.3, -0.25) is 0 Å². The summed E-state index contributed by atoms with van der Waals surface area (Å²) in [5, 5.41) is 3.52. The maximum Gasteiger partial charge on any atom is 0.410 e. The van der Waals surface area contributed by atoms with E-state index in [2.05, 4.69) is 5.32 Å². The molecule has 0 radical (unpaired) electrons. The maximum absolute atomic E-state index is 13.4. The van der Waals surface area contributed by atoms with Gasteiger partial charge < -0.3 is 15.0 Å². The van der Waals surface area contributed by atoms with Gasteiger partial charge in [0.2, 0.25) is 0 Å². The number of rotatable bonds is 3. The van der Waals surface area contributed by atoms with E-state index in [1.807, 2.05) is 20.8 Å². The van der Waals surface area contributed by atoms with Crippen molar-refractivity contribution in [1.29, 1.82) is 0 Å². The van der Waals surface area contributed by atoms with Crippen LogP contribution in [-0.2, 0) is 4.74 Å². The molecule has 0 bridgehead atoms. The Morgan fingerprint density at radius 1 is 1.39 bits per heavy atom. The van der Waals surface area contributed by atoms with Crippen LogP contribution in [0.1, 0.15) is 40.0 Å². The number of benzene rings is 1. The number of likely N-dealkylation sites (tertiary alicyclic amines) is 1. The number of carbonyl (C=O) groups excluding carboxylic acids is 1. The predicted octanol–water partition coefficient (Wildman–Crippen LogP) is 4.68. The Balaban J connectivity index is 1.99. The molecule has 0 saturated carbocycles. The van der Waals surface area contributed by atoms with Crippen molar-refractivity contribution in [3.63, 3.8) is 0 Å². The molecule has 0 aromatic heterocycles. The zero-order valence-corrected chi connectivity index (χ0v) is 14.6. The first-order valence-electron chi connectivity index (χ1n) is 7.94. The van der Waals surface area contributed by atoms with E-state index in [0.717, 1.165) is 19.3 Å². The van der Waals surface area contributed by atoms with Crippen LogP contribution < -0.4 is 5.32 Å². The van der Waals surface area contributed by atoms with E-state index in [4.69, 9.17) is 16.3 Å². The number of hydrogen-bond acceptors (Lipinski definition) is 3. The molecule has 6 heteroatoms. The quantitative estimate of drug-likeness (QED) is 0.867. The Morgan fingerprint density at radius 3 is 2.78 bits per heavy atom. The molecule has 1 aromatic carbocycles. The first-order chi connectivity index (χ1) is 10.7. The molecule has 1 N–H and O–H groups in total. The monoisotopic (exact) mass is 342 g/mol. The van der Waals surface area contributed by atoms with Crippen molar-refractivity contribution < 1.29 is 13.9 Å². The van der Waals surface area contributed by atoms with Crippen molar-refractivity contribution in [1.82, 2.24) is 4.90 Å². The highest BCUT2D eigenvalue weighted by atomic mass is 35.5. The van der Waals surface area contributed by atoms with E-state index in [1.54, 1.807) is 11.0 Å². The Labute approximate surface area is 141 Å². The molecule has 128 valence electrons. The van der Waals surface area contributed by atoms with Gasteiger partial charge in [0, 0.05) is 23.8 Å². The molecule has 1 aromatic rings. The number of nitrogens with zero attached hydrogens (tertiary/aromatic N) is 1. The summed E-state index contributed by atoms with van der Waals surface area (Å²) in [5.74, 6) is -0.382. The molecule has 0 aliphatic carbocycles. The lowest BCUT2D eigenvalue weighted by Crippen LogP contribution is -2.48. The number of anilines is 1. The van der Waals surface area contributed by atoms with Gasteiger partial charge in [-0.15, -0.1) is 0 Å². The zero-order valence-electron chi connectivity index (χ0n) is 13.9. The number of carbonyl (C=O) groups is 1. The molecular formula is C17H24ClFN2O2. The average Bonchev–Trinajstić information content (AvgIpc) is 2.42. The fourth-order valence-electron chi connectivity index (χ4n) is 2.67. The molecule has 2 rings (SSSR count). The summed E-state index contributed by atoms with van der Waals surface area (Å²) in [4.78, 5) is 14.1. The molecular weight excluding hydrogens is 319 g/mol. The van der Waals surface area contributed by atoms with Crippen LogP contribution in [0.5, 0.6) is 0 Å². The fraction of sp³-hybridized carbons (Fsp3) is 0.588. The molecule has 1 unspecified atom stereocenters. The van der Waals surface area contributed by atoms with Crippen LogP contribution in [-0.4, -0.2) is 35.7 Å². The highest BCUT2D eigenvalue weighted by molar-refractivity contribution is 6.30. The summed E-state index contributed by atoms with van der Waals surface area (Å²) < 4.78 is 18.9. The number of amides is 1. The molecule has 1 heterocycles. The second-order valence-corrected chi connectivity index (χ2v) is 7.30. The first kappa shape index (κ1) is 17.9. The highest BCUT2D eigenvalue weighted by Crippen LogP contribution is 2.22. The summed E-state index contributed by atoms with van der Waals surface area (Å²) in [6.45, 7) is 6.80. The van der Waals surface area contributed by atoms with Gasteiger partial charge in [0.25, 0.3) is 0 Å². The second-order valence-electron chi connectivity index (χ2n) is 6.86. The third kappa shape index (κ3) is 5.57. The lowest BCUT2D eigenvalue weighted by atomic mass is 10.0. The minimum atomic E-state index is -0.511. The number of halogens is 2. The minimum absolute atomic E-state index is 0.0284. The molecule has 0 spiro atoms. The van der Waals surface area contributed by atoms with Crippen molar-refractivity contribution in [2.45, 2.75) is 51.7 Å². The Bertz CT molecular complexity index is 540. The largest absolute Gasteiger partial charge is 0.444 e. The van der Waals surface area contributed by atoms with Gasteiger partial charge in [0.05, 0.1) is 6.04 Å². The van der Waals surface area contributed by atoms with Gasteiger partial charge in [-0.2, -0.15) is 0 Å². The van der Waals surface area contributed by atoms with Crippen molar-refractivity contribution in [2.75, 3.05) is 18.4 Å². The standard InChI is InChI=1S/C17H24ClFN2O2/c1-17(2,3)23-16(22)21-7-5-4-6-15(21)11-20-14-9-12(18)8-13(19)10-14/h8-10,15,20H,4-7,11H2,1-3H3. The van der Waals surface area contributed by atoms with Crippen LogP contribution in [0, 0.1) is 5.82 Å². The first-order valence-corrected chi connectivity index (χ1v) is 8.32. The van der Waals surface area contributed by atoms with Crippen molar-refractivity contribution >= 4 is 23.4 Å². The molecule has 23 heavy (non-hydrogen) atoms. The molecule has 1 aliphatic heterocycles. The van der Waals surface area contributed by atoms with E-state index in [9.17, 15) is 9.18 Å². The third-order valence-electron chi connectivity index (χ3n) is 3.66. The number of ether oxygens (including phenoxy) is 1. The minimum Gasteiger partial charge on any atom is -0.444 e. The Morgan fingerprint density at radius 2 is 2.13 bits per heavy atom. The molecule has 4 nitrogen and oxygen atoms in total. The summed E-state index contributed by atoms with van der Waals surface area (Å²) in [7, 11) is 0. The van der Waals surface area contributed by atoms with Gasteiger partial charge in [0.1, 0.15) is 11.4 Å². The summed E-state index contributed by atoms with van der Waals surface area (Å²) >= 11 is 5.86. The van der Waals surface area contributed by atoms with Crippen LogP contribution in [0.2, 0.25) is 5.02 Å². The molecule has 1 atom stereocenters. The van der Waals surface area contributed by atoms with E-state index in [1.165, 1.54) is 12.1 Å². The van der Waals surface area contributed by atoms with Gasteiger partial charge in [-0.1, -0.05) is 11.6 Å². The lowest BCUT2D eigenvalue weighted by molar-refractivity contribution is 0.0114. The van der Waals surface area contributed by atoms with Crippen molar-refractivity contribution in [3.8, 4) is 0 Å². The van der Waals surface area contributed by atoms with Crippen LogP contribution in [0.4, 0.5) is 14.9 Å². The van der Waals surface area contributed by atoms with E-state index < -0.39 is 5.60 Å². The number of nitrogens with one attached hydrogen (secondary N) is 1. The second kappa shape index (κ2) is 7.39. The third-order valence-corrected chi connectivity index (χ3v) is 3.88. The van der Waals surface area contributed by atoms with Crippen LogP contribution in [0.25, 0.3) is 0 Å². The van der Waals surface area contributed by atoms with Crippen LogP contribution in [0.15, 0.2) is 18.2 Å². The molecule has 1 fully saturated rings. The van der Waals surface area contributed by atoms with E-state index >= 15 is 0 Å². The van der Waals surface area contributed by atoms with Crippen LogP contribution >= 0.6 is 11.6 Å². The normalized spacial score (nSPS) is 18.7. The Kier molecular flexibility index (Phi) is 5.74. The average molecular weight is 343 g/mol. The van der Waals surface area contributed by atoms with Gasteiger partial charge in [-0.25, -0.2) is 9.18 Å². The lowest BCUT2D eigenvalue weighted by Gasteiger charge is -2.37. The van der Waals surface area contributed by atoms with Gasteiger partial charge in [-0.05, 0) is 58.2 Å². The molecule has 1 saturated heterocycles. The van der Waals surface area contributed by atoms with Crippen LogP contribution in [0.3, 0.4) is 0 Å².